The average molecular weight is 313 g/mol. The number of aliphatic hydroxyl groups excluding tert-OH is 1. The van der Waals surface area contributed by atoms with E-state index < -0.39 is 6.10 Å². The van der Waals surface area contributed by atoms with Crippen LogP contribution in [0.5, 0.6) is 5.75 Å². The summed E-state index contributed by atoms with van der Waals surface area (Å²) in [5.41, 5.74) is 1.65. The largest absolute Gasteiger partial charge is 0.487 e. The lowest BCUT2D eigenvalue weighted by Crippen LogP contribution is -2.22. The van der Waals surface area contributed by atoms with Crippen LogP contribution in [0.4, 0.5) is 0 Å². The minimum Gasteiger partial charge on any atom is -0.487 e. The smallest absolute Gasteiger partial charge is 0.130 e. The van der Waals surface area contributed by atoms with Crippen molar-refractivity contribution < 1.29 is 9.84 Å². The quantitative estimate of drug-likeness (QED) is 0.753. The third-order valence-electron chi connectivity index (χ3n) is 4.20. The lowest BCUT2D eigenvalue weighted by Gasteiger charge is -2.31. The number of benzene rings is 1. The first kappa shape index (κ1) is 17.5. The van der Waals surface area contributed by atoms with Crippen LogP contribution in [0.15, 0.2) is 48.7 Å². The number of rotatable bonds is 8. The Morgan fingerprint density at radius 1 is 1.17 bits per heavy atom. The molecule has 1 unspecified atom stereocenters. The van der Waals surface area contributed by atoms with Gasteiger partial charge in [0.1, 0.15) is 12.4 Å². The number of pyridine rings is 1. The first-order valence-corrected chi connectivity index (χ1v) is 8.33. The summed E-state index contributed by atoms with van der Waals surface area (Å²) < 4.78 is 5.80. The molecule has 1 aromatic heterocycles. The van der Waals surface area contributed by atoms with Crippen LogP contribution in [0, 0.1) is 5.41 Å². The summed E-state index contributed by atoms with van der Waals surface area (Å²) in [6, 6.07) is 13.5. The fourth-order valence-corrected chi connectivity index (χ4v) is 2.64. The van der Waals surface area contributed by atoms with Crippen molar-refractivity contribution in [2.75, 3.05) is 0 Å². The van der Waals surface area contributed by atoms with E-state index in [1.807, 2.05) is 42.5 Å². The highest BCUT2D eigenvalue weighted by molar-refractivity contribution is 5.31. The zero-order valence-electron chi connectivity index (χ0n) is 14.3. The molecule has 0 fully saturated rings. The standard InChI is InChI=1S/C20H27NO2/c1-4-5-12-20(2,3)19(22)16-9-8-11-18(14-16)23-15-17-10-6-7-13-21-17/h6-11,13-14,19,22H,4-5,12,15H2,1-3H3. The molecule has 1 aromatic carbocycles. The van der Waals surface area contributed by atoms with Gasteiger partial charge in [-0.05, 0) is 41.7 Å². The highest BCUT2D eigenvalue weighted by Crippen LogP contribution is 2.38. The number of unbranched alkanes of at least 4 members (excludes halogenated alkanes) is 1. The van der Waals surface area contributed by atoms with E-state index >= 15 is 0 Å². The number of aromatic nitrogens is 1. The van der Waals surface area contributed by atoms with Crippen molar-refractivity contribution in [3.8, 4) is 5.75 Å². The van der Waals surface area contributed by atoms with Crippen molar-refractivity contribution >= 4 is 0 Å². The lowest BCUT2D eigenvalue weighted by atomic mass is 9.78. The summed E-state index contributed by atoms with van der Waals surface area (Å²) in [4.78, 5) is 4.25. The summed E-state index contributed by atoms with van der Waals surface area (Å²) in [5, 5.41) is 10.7. The van der Waals surface area contributed by atoms with Gasteiger partial charge in [-0.25, -0.2) is 0 Å². The Balaban J connectivity index is 2.04. The highest BCUT2D eigenvalue weighted by Gasteiger charge is 2.28. The topological polar surface area (TPSA) is 42.4 Å². The van der Waals surface area contributed by atoms with Crippen LogP contribution in [-0.2, 0) is 6.61 Å². The Labute approximate surface area is 139 Å². The van der Waals surface area contributed by atoms with Crippen LogP contribution in [0.3, 0.4) is 0 Å². The Kier molecular flexibility index (Phi) is 6.17. The fraction of sp³-hybridized carbons (Fsp3) is 0.450. The van der Waals surface area contributed by atoms with Gasteiger partial charge in [0.15, 0.2) is 0 Å². The van der Waals surface area contributed by atoms with E-state index in [1.165, 1.54) is 0 Å². The highest BCUT2D eigenvalue weighted by atomic mass is 16.5. The van der Waals surface area contributed by atoms with E-state index in [0.29, 0.717) is 6.61 Å². The number of ether oxygens (including phenoxy) is 1. The van der Waals surface area contributed by atoms with Crippen LogP contribution in [0.1, 0.15) is 57.4 Å². The minimum absolute atomic E-state index is 0.143. The van der Waals surface area contributed by atoms with Crippen molar-refractivity contribution in [3.63, 3.8) is 0 Å². The van der Waals surface area contributed by atoms with Gasteiger partial charge < -0.3 is 9.84 Å². The van der Waals surface area contributed by atoms with Crippen LogP contribution in [0.2, 0.25) is 0 Å². The maximum absolute atomic E-state index is 10.7. The molecule has 0 saturated carbocycles. The molecule has 3 heteroatoms. The van der Waals surface area contributed by atoms with Crippen LogP contribution in [-0.4, -0.2) is 10.1 Å². The lowest BCUT2D eigenvalue weighted by molar-refractivity contribution is 0.0412. The molecule has 0 spiro atoms. The van der Waals surface area contributed by atoms with Gasteiger partial charge in [0.25, 0.3) is 0 Å². The van der Waals surface area contributed by atoms with Gasteiger partial charge in [0, 0.05) is 6.20 Å². The molecule has 1 atom stereocenters. The second-order valence-corrected chi connectivity index (χ2v) is 6.68. The molecule has 1 N–H and O–H groups in total. The number of hydrogen-bond donors (Lipinski definition) is 1. The second-order valence-electron chi connectivity index (χ2n) is 6.68. The van der Waals surface area contributed by atoms with Gasteiger partial charge >= 0.3 is 0 Å². The maximum atomic E-state index is 10.7. The van der Waals surface area contributed by atoms with Crippen LogP contribution in [0.25, 0.3) is 0 Å². The molecule has 0 amide bonds. The predicted octanol–water partition coefficient (Wildman–Crippen LogP) is 4.91. The molecule has 0 radical (unpaired) electrons. The molecule has 3 nitrogen and oxygen atoms in total. The summed E-state index contributed by atoms with van der Waals surface area (Å²) in [7, 11) is 0. The molecule has 1 heterocycles. The molecule has 124 valence electrons. The minimum atomic E-state index is -0.493. The van der Waals surface area contributed by atoms with Gasteiger partial charge in [-0.2, -0.15) is 0 Å². The second kappa shape index (κ2) is 8.11. The van der Waals surface area contributed by atoms with E-state index in [9.17, 15) is 5.11 Å². The van der Waals surface area contributed by atoms with Gasteiger partial charge in [-0.15, -0.1) is 0 Å². The molecule has 23 heavy (non-hydrogen) atoms. The van der Waals surface area contributed by atoms with Gasteiger partial charge in [0.2, 0.25) is 0 Å². The number of aliphatic hydroxyl groups is 1. The molecular formula is C20H27NO2. The molecule has 0 bridgehead atoms. The van der Waals surface area contributed by atoms with E-state index in [1.54, 1.807) is 6.20 Å². The normalized spacial score (nSPS) is 12.9. The molecule has 0 aliphatic rings. The molecule has 2 aromatic rings. The fourth-order valence-electron chi connectivity index (χ4n) is 2.64. The van der Waals surface area contributed by atoms with E-state index in [4.69, 9.17) is 4.74 Å². The van der Waals surface area contributed by atoms with Crippen molar-refractivity contribution in [1.82, 2.24) is 4.98 Å². The maximum Gasteiger partial charge on any atom is 0.130 e. The third kappa shape index (κ3) is 5.07. The Morgan fingerprint density at radius 3 is 2.70 bits per heavy atom. The monoisotopic (exact) mass is 313 g/mol. The Bertz CT molecular complexity index is 596. The number of hydrogen-bond acceptors (Lipinski definition) is 3. The molecule has 0 aliphatic carbocycles. The molecular weight excluding hydrogens is 286 g/mol. The zero-order chi connectivity index (χ0) is 16.7. The average Bonchev–Trinajstić information content (AvgIpc) is 2.58. The van der Waals surface area contributed by atoms with Crippen molar-refractivity contribution in [3.05, 3.63) is 59.9 Å². The van der Waals surface area contributed by atoms with E-state index in [0.717, 1.165) is 36.3 Å². The third-order valence-corrected chi connectivity index (χ3v) is 4.20. The first-order valence-electron chi connectivity index (χ1n) is 8.33. The predicted molar refractivity (Wildman–Crippen MR) is 93.3 cm³/mol. The molecule has 0 aliphatic heterocycles. The SMILES string of the molecule is CCCCC(C)(C)C(O)c1cccc(OCc2ccccn2)c1. The summed E-state index contributed by atoms with van der Waals surface area (Å²) in [5.74, 6) is 0.762. The molecule has 2 rings (SSSR count). The van der Waals surface area contributed by atoms with Gasteiger partial charge in [0.05, 0.1) is 11.8 Å². The van der Waals surface area contributed by atoms with Crippen molar-refractivity contribution in [2.45, 2.75) is 52.7 Å². The summed E-state index contributed by atoms with van der Waals surface area (Å²) >= 11 is 0. The van der Waals surface area contributed by atoms with Crippen molar-refractivity contribution in [2.24, 2.45) is 5.41 Å². The number of nitrogens with zero attached hydrogens (tertiary/aromatic N) is 1. The van der Waals surface area contributed by atoms with E-state index in [-0.39, 0.29) is 5.41 Å². The zero-order valence-corrected chi connectivity index (χ0v) is 14.3. The Morgan fingerprint density at radius 2 is 2.00 bits per heavy atom. The summed E-state index contributed by atoms with van der Waals surface area (Å²) in [6.45, 7) is 6.84. The van der Waals surface area contributed by atoms with Gasteiger partial charge in [-0.1, -0.05) is 51.8 Å². The summed E-state index contributed by atoms with van der Waals surface area (Å²) in [6.07, 6.45) is 4.54. The van der Waals surface area contributed by atoms with Crippen LogP contribution >= 0.6 is 0 Å². The first-order chi connectivity index (χ1) is 11.0. The van der Waals surface area contributed by atoms with Crippen LogP contribution < -0.4 is 4.74 Å². The van der Waals surface area contributed by atoms with Crippen molar-refractivity contribution in [1.29, 1.82) is 0 Å². The van der Waals surface area contributed by atoms with Gasteiger partial charge in [-0.3, -0.25) is 4.98 Å². The Hall–Kier alpha value is -1.87. The molecule has 0 saturated heterocycles. The van der Waals surface area contributed by atoms with E-state index in [2.05, 4.69) is 25.8 Å².